The van der Waals surface area contributed by atoms with E-state index in [-0.39, 0.29) is 12.4 Å². The lowest BCUT2D eigenvalue weighted by molar-refractivity contribution is -0.136. The van der Waals surface area contributed by atoms with E-state index in [1.54, 1.807) is 30.3 Å². The van der Waals surface area contributed by atoms with Crippen molar-refractivity contribution >= 4 is 40.8 Å². The highest BCUT2D eigenvalue weighted by atomic mass is 35.5. The number of carbonyl (C=O) groups excluding carboxylic acids is 2. The number of hydrogen-bond donors (Lipinski definition) is 0. The van der Waals surface area contributed by atoms with E-state index in [1.165, 1.54) is 17.4 Å². The van der Waals surface area contributed by atoms with Gasteiger partial charge in [-0.2, -0.15) is 0 Å². The molecule has 0 amide bonds. The van der Waals surface area contributed by atoms with Crippen LogP contribution in [0.25, 0.3) is 6.08 Å². The van der Waals surface area contributed by atoms with Gasteiger partial charge in [0.1, 0.15) is 0 Å². The van der Waals surface area contributed by atoms with Crippen LogP contribution in [0.3, 0.4) is 0 Å². The molecule has 0 aliphatic carbocycles. The van der Waals surface area contributed by atoms with Crippen LogP contribution in [0.2, 0.25) is 5.02 Å². The molecule has 1 aromatic carbocycles. The second-order valence-corrected chi connectivity index (χ2v) is 6.05. The molecule has 1 aromatic heterocycles. The number of benzene rings is 1. The van der Waals surface area contributed by atoms with Crippen molar-refractivity contribution in [1.82, 2.24) is 0 Å². The Morgan fingerprint density at radius 2 is 2.10 bits per heavy atom. The van der Waals surface area contributed by atoms with E-state index in [0.29, 0.717) is 9.90 Å². The quantitative estimate of drug-likeness (QED) is 0.472. The Kier molecular flexibility index (Phi) is 5.31. The molecular formula is C16H13ClO3S. The Morgan fingerprint density at radius 3 is 2.76 bits per heavy atom. The lowest BCUT2D eigenvalue weighted by atomic mass is 10.2. The van der Waals surface area contributed by atoms with Crippen molar-refractivity contribution in [2.24, 2.45) is 0 Å². The Labute approximate surface area is 131 Å². The van der Waals surface area contributed by atoms with Crippen molar-refractivity contribution in [3.05, 3.63) is 62.8 Å². The Bertz CT molecular complexity index is 688. The SMILES string of the molecule is Cc1ccc(C(=O)COC(=O)/C=C/c2cccc(Cl)c2)s1. The number of ether oxygens (including phenoxy) is 1. The fourth-order valence-electron chi connectivity index (χ4n) is 1.61. The van der Waals surface area contributed by atoms with E-state index in [4.69, 9.17) is 16.3 Å². The molecule has 0 N–H and O–H groups in total. The molecule has 108 valence electrons. The summed E-state index contributed by atoms with van der Waals surface area (Å²) in [4.78, 5) is 25.0. The molecule has 0 saturated carbocycles. The minimum atomic E-state index is -0.559. The van der Waals surface area contributed by atoms with Crippen LogP contribution in [0.1, 0.15) is 20.1 Å². The molecule has 0 radical (unpaired) electrons. The molecule has 3 nitrogen and oxygen atoms in total. The number of hydrogen-bond acceptors (Lipinski definition) is 4. The van der Waals surface area contributed by atoms with Gasteiger partial charge in [-0.1, -0.05) is 23.7 Å². The standard InChI is InChI=1S/C16H13ClO3S/c1-11-5-7-15(21-11)14(18)10-20-16(19)8-6-12-3-2-4-13(17)9-12/h2-9H,10H2,1H3/b8-6+. The normalized spacial score (nSPS) is 10.8. The number of halogens is 1. The molecule has 2 aromatic rings. The van der Waals surface area contributed by atoms with Crippen LogP contribution in [-0.2, 0) is 9.53 Å². The minimum Gasteiger partial charge on any atom is -0.454 e. The molecule has 0 spiro atoms. The van der Waals surface area contributed by atoms with Gasteiger partial charge in [-0.15, -0.1) is 11.3 Å². The third kappa shape index (κ3) is 4.85. The predicted octanol–water partition coefficient (Wildman–Crippen LogP) is 4.15. The largest absolute Gasteiger partial charge is 0.454 e. The summed E-state index contributed by atoms with van der Waals surface area (Å²) in [5.41, 5.74) is 0.791. The summed E-state index contributed by atoms with van der Waals surface area (Å²) in [6.45, 7) is 1.67. The molecule has 2 rings (SSSR count). The number of ketones is 1. The number of esters is 1. The summed E-state index contributed by atoms with van der Waals surface area (Å²) >= 11 is 7.22. The molecule has 5 heteroatoms. The summed E-state index contributed by atoms with van der Waals surface area (Å²) in [6.07, 6.45) is 2.87. The average molecular weight is 321 g/mol. The first-order valence-electron chi connectivity index (χ1n) is 6.24. The molecule has 0 aliphatic rings. The second-order valence-electron chi connectivity index (χ2n) is 4.33. The molecule has 1 heterocycles. The lowest BCUT2D eigenvalue weighted by Crippen LogP contribution is -2.11. The minimum absolute atomic E-state index is 0.197. The van der Waals surface area contributed by atoms with Crippen LogP contribution < -0.4 is 0 Å². The van der Waals surface area contributed by atoms with E-state index in [1.807, 2.05) is 19.1 Å². The summed E-state index contributed by atoms with van der Waals surface area (Å²) in [5, 5.41) is 0.591. The van der Waals surface area contributed by atoms with Crippen LogP contribution in [-0.4, -0.2) is 18.4 Å². The fourth-order valence-corrected chi connectivity index (χ4v) is 2.61. The molecule has 0 fully saturated rings. The Hall–Kier alpha value is -1.91. The van der Waals surface area contributed by atoms with Gasteiger partial charge in [-0.05, 0) is 42.8 Å². The van der Waals surface area contributed by atoms with E-state index >= 15 is 0 Å². The maximum absolute atomic E-state index is 11.8. The van der Waals surface area contributed by atoms with Gasteiger partial charge < -0.3 is 4.74 Å². The molecule has 0 bridgehead atoms. The third-order valence-electron chi connectivity index (χ3n) is 2.62. The topological polar surface area (TPSA) is 43.4 Å². The first kappa shape index (κ1) is 15.5. The molecule has 0 aliphatic heterocycles. The van der Waals surface area contributed by atoms with Crippen LogP contribution in [0, 0.1) is 6.92 Å². The predicted molar refractivity (Wildman–Crippen MR) is 84.8 cm³/mol. The monoisotopic (exact) mass is 320 g/mol. The molecule has 21 heavy (non-hydrogen) atoms. The first-order chi connectivity index (χ1) is 10.0. The molecule has 0 unspecified atom stereocenters. The first-order valence-corrected chi connectivity index (χ1v) is 7.44. The highest BCUT2D eigenvalue weighted by Gasteiger charge is 2.10. The van der Waals surface area contributed by atoms with Crippen molar-refractivity contribution < 1.29 is 14.3 Å². The average Bonchev–Trinajstić information content (AvgIpc) is 2.89. The van der Waals surface area contributed by atoms with Crippen LogP contribution in [0.5, 0.6) is 0 Å². The van der Waals surface area contributed by atoms with Gasteiger partial charge in [0, 0.05) is 16.0 Å². The summed E-state index contributed by atoms with van der Waals surface area (Å²) in [5.74, 6) is -0.755. The van der Waals surface area contributed by atoms with Crippen molar-refractivity contribution in [3.8, 4) is 0 Å². The highest BCUT2D eigenvalue weighted by Crippen LogP contribution is 2.15. The van der Waals surface area contributed by atoms with E-state index in [2.05, 4.69) is 0 Å². The van der Waals surface area contributed by atoms with E-state index in [9.17, 15) is 9.59 Å². The van der Waals surface area contributed by atoms with Gasteiger partial charge in [0.05, 0.1) is 4.88 Å². The van der Waals surface area contributed by atoms with Crippen LogP contribution in [0.4, 0.5) is 0 Å². The van der Waals surface area contributed by atoms with Crippen molar-refractivity contribution in [2.75, 3.05) is 6.61 Å². The second kappa shape index (κ2) is 7.20. The van der Waals surface area contributed by atoms with E-state index in [0.717, 1.165) is 10.4 Å². The zero-order valence-corrected chi connectivity index (χ0v) is 12.9. The fraction of sp³-hybridized carbons (Fsp3) is 0.125. The smallest absolute Gasteiger partial charge is 0.331 e. The molecule has 0 atom stereocenters. The van der Waals surface area contributed by atoms with Crippen molar-refractivity contribution in [2.45, 2.75) is 6.92 Å². The van der Waals surface area contributed by atoms with Gasteiger partial charge in [0.2, 0.25) is 5.78 Å². The van der Waals surface area contributed by atoms with Gasteiger partial charge in [0.25, 0.3) is 0 Å². The van der Waals surface area contributed by atoms with Crippen molar-refractivity contribution in [1.29, 1.82) is 0 Å². The maximum atomic E-state index is 11.8. The number of Topliss-reactive ketones (excluding diaryl/α,β-unsaturated/α-hetero) is 1. The number of carbonyl (C=O) groups is 2. The maximum Gasteiger partial charge on any atom is 0.331 e. The van der Waals surface area contributed by atoms with Gasteiger partial charge in [-0.25, -0.2) is 4.79 Å². The third-order valence-corrected chi connectivity index (χ3v) is 3.90. The van der Waals surface area contributed by atoms with Gasteiger partial charge >= 0.3 is 5.97 Å². The van der Waals surface area contributed by atoms with Crippen molar-refractivity contribution in [3.63, 3.8) is 0 Å². The zero-order valence-electron chi connectivity index (χ0n) is 11.3. The Balaban J connectivity index is 1.86. The summed E-state index contributed by atoms with van der Waals surface area (Å²) < 4.78 is 4.92. The van der Waals surface area contributed by atoms with Crippen LogP contribution >= 0.6 is 22.9 Å². The Morgan fingerprint density at radius 1 is 1.29 bits per heavy atom. The number of rotatable bonds is 5. The number of thiophene rings is 1. The summed E-state index contributed by atoms with van der Waals surface area (Å²) in [6, 6.07) is 10.7. The lowest BCUT2D eigenvalue weighted by Gasteiger charge is -1.99. The number of aryl methyl sites for hydroxylation is 1. The van der Waals surface area contributed by atoms with E-state index < -0.39 is 5.97 Å². The van der Waals surface area contributed by atoms with Crippen LogP contribution in [0.15, 0.2) is 42.5 Å². The summed E-state index contributed by atoms with van der Waals surface area (Å²) in [7, 11) is 0. The molecule has 0 saturated heterocycles. The van der Waals surface area contributed by atoms with Gasteiger partial charge in [0.15, 0.2) is 6.61 Å². The highest BCUT2D eigenvalue weighted by molar-refractivity contribution is 7.14. The van der Waals surface area contributed by atoms with Gasteiger partial charge in [-0.3, -0.25) is 4.79 Å². The zero-order chi connectivity index (χ0) is 15.2. The molecular weight excluding hydrogens is 308 g/mol.